The summed E-state index contributed by atoms with van der Waals surface area (Å²) in [5, 5.41) is 3.17. The predicted molar refractivity (Wildman–Crippen MR) is 71.4 cm³/mol. The Morgan fingerprint density at radius 2 is 2.00 bits per heavy atom. The average molecular weight is 234 g/mol. The first-order valence-corrected chi connectivity index (χ1v) is 6.22. The maximum atomic E-state index is 5.55. The molecule has 1 heterocycles. The molecule has 0 spiro atoms. The first kappa shape index (κ1) is 12.4. The number of benzene rings is 1. The van der Waals surface area contributed by atoms with E-state index >= 15 is 0 Å². The van der Waals surface area contributed by atoms with Crippen LogP contribution >= 0.6 is 0 Å². The van der Waals surface area contributed by atoms with Crippen molar-refractivity contribution in [3.63, 3.8) is 0 Å². The molecule has 0 unspecified atom stereocenters. The van der Waals surface area contributed by atoms with Crippen LogP contribution in [0.3, 0.4) is 0 Å². The minimum atomic E-state index is 0.0861. The van der Waals surface area contributed by atoms with Crippen LogP contribution in [0.5, 0.6) is 0 Å². The van der Waals surface area contributed by atoms with Crippen LogP contribution in [0.15, 0.2) is 24.3 Å². The van der Waals surface area contributed by atoms with Gasteiger partial charge in [0.05, 0.1) is 18.8 Å². The highest BCUT2D eigenvalue weighted by Gasteiger charge is 2.30. The molecule has 1 saturated heterocycles. The summed E-state index contributed by atoms with van der Waals surface area (Å²) in [5.41, 5.74) is 2.70. The van der Waals surface area contributed by atoms with Crippen LogP contribution in [0.1, 0.15) is 19.4 Å². The summed E-state index contributed by atoms with van der Waals surface area (Å²) in [6.07, 6.45) is 0. The summed E-state index contributed by atoms with van der Waals surface area (Å²) in [5.74, 6) is 0. The van der Waals surface area contributed by atoms with Crippen molar-refractivity contribution >= 4 is 5.69 Å². The van der Waals surface area contributed by atoms with Gasteiger partial charge in [-0.15, -0.1) is 0 Å². The summed E-state index contributed by atoms with van der Waals surface area (Å²) in [7, 11) is 1.97. The van der Waals surface area contributed by atoms with Crippen molar-refractivity contribution in [2.75, 3.05) is 31.7 Å². The molecule has 17 heavy (non-hydrogen) atoms. The minimum absolute atomic E-state index is 0.0861. The lowest BCUT2D eigenvalue weighted by molar-refractivity contribution is 0.0644. The molecule has 1 aliphatic rings. The smallest absolute Gasteiger partial charge is 0.0694 e. The van der Waals surface area contributed by atoms with Gasteiger partial charge in [0.1, 0.15) is 0 Å². The fraction of sp³-hybridized carbons (Fsp3) is 0.571. The van der Waals surface area contributed by atoms with Crippen LogP contribution in [0.2, 0.25) is 0 Å². The molecule has 1 fully saturated rings. The third-order valence-electron chi connectivity index (χ3n) is 3.27. The monoisotopic (exact) mass is 234 g/mol. The van der Waals surface area contributed by atoms with Gasteiger partial charge in [0.25, 0.3) is 0 Å². The fourth-order valence-electron chi connectivity index (χ4n) is 2.33. The van der Waals surface area contributed by atoms with Crippen molar-refractivity contribution < 1.29 is 4.74 Å². The van der Waals surface area contributed by atoms with Gasteiger partial charge in [-0.1, -0.05) is 12.1 Å². The Kier molecular flexibility index (Phi) is 3.69. The summed E-state index contributed by atoms with van der Waals surface area (Å²) >= 11 is 0. The van der Waals surface area contributed by atoms with Crippen molar-refractivity contribution in [2.24, 2.45) is 0 Å². The molecular formula is C14H22N2O. The summed E-state index contributed by atoms with van der Waals surface area (Å²) in [6, 6.07) is 8.80. The predicted octanol–water partition coefficient (Wildman–Crippen LogP) is 2.02. The molecule has 0 aromatic heterocycles. The summed E-state index contributed by atoms with van der Waals surface area (Å²) in [4.78, 5) is 2.43. The van der Waals surface area contributed by atoms with Gasteiger partial charge in [-0.3, -0.25) is 0 Å². The highest BCUT2D eigenvalue weighted by molar-refractivity contribution is 5.50. The van der Waals surface area contributed by atoms with Crippen LogP contribution in [0.4, 0.5) is 5.69 Å². The van der Waals surface area contributed by atoms with E-state index in [2.05, 4.69) is 48.3 Å². The topological polar surface area (TPSA) is 24.5 Å². The highest BCUT2D eigenvalue weighted by Crippen LogP contribution is 2.26. The van der Waals surface area contributed by atoms with Crippen LogP contribution in [-0.4, -0.2) is 32.3 Å². The van der Waals surface area contributed by atoms with Crippen molar-refractivity contribution in [3.05, 3.63) is 29.8 Å². The fourth-order valence-corrected chi connectivity index (χ4v) is 2.33. The van der Waals surface area contributed by atoms with Gasteiger partial charge >= 0.3 is 0 Å². The van der Waals surface area contributed by atoms with E-state index in [9.17, 15) is 0 Å². The zero-order chi connectivity index (χ0) is 12.3. The molecule has 0 aliphatic carbocycles. The van der Waals surface area contributed by atoms with E-state index in [1.807, 2.05) is 7.05 Å². The Labute approximate surface area is 104 Å². The molecule has 3 nitrogen and oxygen atoms in total. The molecule has 1 aromatic rings. The van der Waals surface area contributed by atoms with Crippen LogP contribution < -0.4 is 10.2 Å². The lowest BCUT2D eigenvalue weighted by atomic mass is 10.0. The highest BCUT2D eigenvalue weighted by atomic mass is 16.5. The lowest BCUT2D eigenvalue weighted by Crippen LogP contribution is -2.53. The van der Waals surface area contributed by atoms with Gasteiger partial charge in [0.2, 0.25) is 0 Å². The van der Waals surface area contributed by atoms with E-state index < -0.39 is 0 Å². The third kappa shape index (κ3) is 2.79. The number of anilines is 1. The minimum Gasteiger partial charge on any atom is -0.377 e. The zero-order valence-electron chi connectivity index (χ0n) is 11.0. The van der Waals surface area contributed by atoms with Crippen molar-refractivity contribution in [3.8, 4) is 0 Å². The van der Waals surface area contributed by atoms with Crippen LogP contribution in [0.25, 0.3) is 0 Å². The Morgan fingerprint density at radius 3 is 2.59 bits per heavy atom. The lowest BCUT2D eigenvalue weighted by Gasteiger charge is -2.43. The largest absolute Gasteiger partial charge is 0.377 e. The van der Waals surface area contributed by atoms with E-state index in [1.54, 1.807) is 0 Å². The summed E-state index contributed by atoms with van der Waals surface area (Å²) in [6.45, 7) is 7.97. The molecule has 0 atom stereocenters. The molecular weight excluding hydrogens is 212 g/mol. The molecule has 1 aromatic carbocycles. The molecule has 2 rings (SSSR count). The van der Waals surface area contributed by atoms with E-state index in [-0.39, 0.29) is 5.54 Å². The van der Waals surface area contributed by atoms with Gasteiger partial charge in [-0.2, -0.15) is 0 Å². The number of hydrogen-bond donors (Lipinski definition) is 1. The molecule has 0 radical (unpaired) electrons. The number of morpholine rings is 1. The Bertz CT molecular complexity index is 359. The van der Waals surface area contributed by atoms with E-state index in [4.69, 9.17) is 4.74 Å². The SMILES string of the molecule is CNCc1ccc(N2CCOCC2(C)C)cc1. The standard InChI is InChI=1S/C14H22N2O/c1-14(2)11-17-9-8-16(14)13-6-4-12(5-7-13)10-15-3/h4-7,15H,8-11H2,1-3H3. The molecule has 3 heteroatoms. The van der Waals surface area contributed by atoms with Crippen molar-refractivity contribution in [2.45, 2.75) is 25.9 Å². The first-order valence-electron chi connectivity index (χ1n) is 6.22. The van der Waals surface area contributed by atoms with Crippen LogP contribution in [0, 0.1) is 0 Å². The van der Waals surface area contributed by atoms with Gasteiger partial charge in [0.15, 0.2) is 0 Å². The van der Waals surface area contributed by atoms with E-state index in [0.717, 1.165) is 26.3 Å². The second kappa shape index (κ2) is 5.07. The maximum absolute atomic E-state index is 5.55. The molecule has 1 N–H and O–H groups in total. The number of nitrogens with zero attached hydrogens (tertiary/aromatic N) is 1. The van der Waals surface area contributed by atoms with Crippen molar-refractivity contribution in [1.29, 1.82) is 0 Å². The van der Waals surface area contributed by atoms with Crippen molar-refractivity contribution in [1.82, 2.24) is 5.32 Å². The van der Waals surface area contributed by atoms with Gasteiger partial charge in [-0.25, -0.2) is 0 Å². The Morgan fingerprint density at radius 1 is 1.29 bits per heavy atom. The first-order chi connectivity index (χ1) is 8.13. The van der Waals surface area contributed by atoms with Gasteiger partial charge in [-0.05, 0) is 38.6 Å². The van der Waals surface area contributed by atoms with Gasteiger partial charge < -0.3 is 15.0 Å². The maximum Gasteiger partial charge on any atom is 0.0694 e. The van der Waals surface area contributed by atoms with E-state index in [0.29, 0.717) is 0 Å². The third-order valence-corrected chi connectivity index (χ3v) is 3.27. The van der Waals surface area contributed by atoms with Gasteiger partial charge in [0, 0.05) is 18.8 Å². The molecule has 0 saturated carbocycles. The summed E-state index contributed by atoms with van der Waals surface area (Å²) < 4.78 is 5.55. The quantitative estimate of drug-likeness (QED) is 0.866. The molecule has 0 amide bonds. The van der Waals surface area contributed by atoms with Crippen LogP contribution in [-0.2, 0) is 11.3 Å². The molecule has 1 aliphatic heterocycles. The Balaban J connectivity index is 2.15. The number of nitrogens with one attached hydrogen (secondary N) is 1. The zero-order valence-corrected chi connectivity index (χ0v) is 11.0. The Hall–Kier alpha value is -1.06. The van der Waals surface area contributed by atoms with E-state index in [1.165, 1.54) is 11.3 Å². The average Bonchev–Trinajstić information content (AvgIpc) is 2.30. The molecule has 0 bridgehead atoms. The second-order valence-corrected chi connectivity index (χ2v) is 5.21. The number of rotatable bonds is 3. The normalized spacial score (nSPS) is 19.4. The second-order valence-electron chi connectivity index (χ2n) is 5.21. The molecule has 94 valence electrons. The number of hydrogen-bond acceptors (Lipinski definition) is 3. The number of ether oxygens (including phenoxy) is 1.